The average molecular weight is 336 g/mol. The highest BCUT2D eigenvalue weighted by Gasteiger charge is 2.33. The van der Waals surface area contributed by atoms with Crippen molar-refractivity contribution in [3.8, 4) is 5.75 Å². The van der Waals surface area contributed by atoms with E-state index in [9.17, 15) is 9.90 Å². The van der Waals surface area contributed by atoms with E-state index in [1.165, 1.54) is 0 Å². The van der Waals surface area contributed by atoms with Gasteiger partial charge in [0.15, 0.2) is 0 Å². The zero-order valence-electron chi connectivity index (χ0n) is 14.2. The van der Waals surface area contributed by atoms with Gasteiger partial charge in [0.05, 0.1) is 13.2 Å². The zero-order chi connectivity index (χ0) is 17.6. The first-order chi connectivity index (χ1) is 12.1. The molecule has 3 N–H and O–H groups in total. The van der Waals surface area contributed by atoms with Crippen molar-refractivity contribution in [2.45, 2.75) is 25.4 Å². The highest BCUT2D eigenvalue weighted by atomic mass is 16.5. The van der Waals surface area contributed by atoms with Crippen LogP contribution in [0.1, 0.15) is 28.4 Å². The van der Waals surface area contributed by atoms with Crippen molar-refractivity contribution >= 4 is 16.9 Å². The average Bonchev–Trinajstić information content (AvgIpc) is 2.99. The largest absolute Gasteiger partial charge is 0.496 e. The molecule has 2 unspecified atom stereocenters. The highest BCUT2D eigenvalue weighted by Crippen LogP contribution is 2.36. The summed E-state index contributed by atoms with van der Waals surface area (Å²) in [5.74, 6) is -0.00243. The number of nitrogens with one attached hydrogen (secondary N) is 2. The third kappa shape index (κ3) is 2.57. The number of H-pyrrole nitrogens is 1. The van der Waals surface area contributed by atoms with Gasteiger partial charge in [0.2, 0.25) is 0 Å². The Bertz CT molecular complexity index is 961. The summed E-state index contributed by atoms with van der Waals surface area (Å²) in [6, 6.07) is 13.2. The summed E-state index contributed by atoms with van der Waals surface area (Å²) < 4.78 is 5.34. The maximum Gasteiger partial charge on any atom is 0.321 e. The van der Waals surface area contributed by atoms with Crippen LogP contribution in [0.25, 0.3) is 10.9 Å². The molecule has 25 heavy (non-hydrogen) atoms. The molecule has 0 radical (unpaired) electrons. The van der Waals surface area contributed by atoms with E-state index in [0.717, 1.165) is 39.0 Å². The van der Waals surface area contributed by atoms with E-state index in [1.54, 1.807) is 7.11 Å². The molecular weight excluding hydrogens is 316 g/mol. The number of benzene rings is 2. The van der Waals surface area contributed by atoms with Crippen LogP contribution in [0.15, 0.2) is 42.5 Å². The van der Waals surface area contributed by atoms with Gasteiger partial charge in [-0.15, -0.1) is 0 Å². The molecule has 128 valence electrons. The van der Waals surface area contributed by atoms with Gasteiger partial charge in [-0.25, -0.2) is 0 Å². The number of fused-ring (bicyclic) bond motifs is 3. The highest BCUT2D eigenvalue weighted by molar-refractivity contribution is 5.87. The van der Waals surface area contributed by atoms with Gasteiger partial charge >= 0.3 is 5.97 Å². The topological polar surface area (TPSA) is 74.3 Å². The second-order valence-electron chi connectivity index (χ2n) is 6.49. The molecule has 2 atom stereocenters. The Hall–Kier alpha value is -2.79. The van der Waals surface area contributed by atoms with E-state index in [1.807, 2.05) is 43.3 Å². The van der Waals surface area contributed by atoms with Gasteiger partial charge in [-0.3, -0.25) is 10.1 Å². The Labute approximate surface area is 145 Å². The molecule has 4 rings (SSSR count). The van der Waals surface area contributed by atoms with Crippen LogP contribution in [-0.4, -0.2) is 29.2 Å². The number of carboxylic acid groups (broad SMARTS) is 1. The predicted molar refractivity (Wildman–Crippen MR) is 96.1 cm³/mol. The van der Waals surface area contributed by atoms with Crippen LogP contribution >= 0.6 is 0 Å². The zero-order valence-corrected chi connectivity index (χ0v) is 14.2. The normalized spacial score (nSPS) is 19.6. The van der Waals surface area contributed by atoms with Crippen LogP contribution in [-0.2, 0) is 11.2 Å². The van der Waals surface area contributed by atoms with E-state index in [-0.39, 0.29) is 6.04 Å². The number of aromatic amines is 1. The van der Waals surface area contributed by atoms with Crippen LogP contribution in [0.5, 0.6) is 5.75 Å². The third-order valence-corrected chi connectivity index (χ3v) is 4.96. The lowest BCUT2D eigenvalue weighted by Crippen LogP contribution is -2.44. The standard InChI is InChI=1S/C20H20N2O3/c1-11-9-12(7-8-17(11)25-2)18-19-14(10-16(22-18)20(23)24)13-5-3-4-6-15(13)21-19/h3-9,16,18,21-22H,10H2,1-2H3,(H,23,24). The summed E-state index contributed by atoms with van der Waals surface area (Å²) in [6.45, 7) is 1.99. The number of carboxylic acids is 1. The number of hydrogen-bond acceptors (Lipinski definition) is 3. The van der Waals surface area contributed by atoms with Gasteiger partial charge < -0.3 is 14.8 Å². The number of ether oxygens (including phenoxy) is 1. The summed E-state index contributed by atoms with van der Waals surface area (Å²) in [5, 5.41) is 14.0. The Morgan fingerprint density at radius 1 is 1.24 bits per heavy atom. The van der Waals surface area contributed by atoms with Crippen LogP contribution < -0.4 is 10.1 Å². The summed E-state index contributed by atoms with van der Waals surface area (Å²) in [5.41, 5.74) is 5.22. The van der Waals surface area contributed by atoms with E-state index >= 15 is 0 Å². The first-order valence-corrected chi connectivity index (χ1v) is 8.31. The molecule has 3 aromatic rings. The van der Waals surface area contributed by atoms with Gasteiger partial charge in [-0.2, -0.15) is 0 Å². The number of carbonyl (C=O) groups is 1. The van der Waals surface area contributed by atoms with E-state index < -0.39 is 12.0 Å². The first kappa shape index (κ1) is 15.7. The van der Waals surface area contributed by atoms with Crippen LogP contribution in [0.3, 0.4) is 0 Å². The predicted octanol–water partition coefficient (Wildman–Crippen LogP) is 3.17. The van der Waals surface area contributed by atoms with Crippen molar-refractivity contribution in [3.05, 3.63) is 64.8 Å². The van der Waals surface area contributed by atoms with Crippen LogP contribution in [0.2, 0.25) is 0 Å². The Morgan fingerprint density at radius 2 is 2.04 bits per heavy atom. The number of aliphatic carboxylic acids is 1. The molecule has 0 spiro atoms. The lowest BCUT2D eigenvalue weighted by atomic mass is 9.90. The molecule has 0 saturated heterocycles. The van der Waals surface area contributed by atoms with E-state index in [4.69, 9.17) is 4.74 Å². The molecule has 5 heteroatoms. The van der Waals surface area contributed by atoms with Crippen molar-refractivity contribution in [1.82, 2.24) is 10.3 Å². The van der Waals surface area contributed by atoms with Crippen LogP contribution in [0.4, 0.5) is 0 Å². The summed E-state index contributed by atoms with van der Waals surface area (Å²) in [7, 11) is 1.65. The second kappa shape index (κ2) is 5.93. The Morgan fingerprint density at radius 3 is 2.76 bits per heavy atom. The Kier molecular flexibility index (Phi) is 3.73. The van der Waals surface area contributed by atoms with Gasteiger partial charge in [0.25, 0.3) is 0 Å². The minimum Gasteiger partial charge on any atom is -0.496 e. The molecule has 0 aliphatic carbocycles. The van der Waals surface area contributed by atoms with Crippen molar-refractivity contribution in [1.29, 1.82) is 0 Å². The van der Waals surface area contributed by atoms with Crippen molar-refractivity contribution in [3.63, 3.8) is 0 Å². The monoisotopic (exact) mass is 336 g/mol. The van der Waals surface area contributed by atoms with E-state index in [2.05, 4.69) is 16.4 Å². The molecule has 1 aliphatic heterocycles. The Balaban J connectivity index is 1.87. The smallest absolute Gasteiger partial charge is 0.321 e. The number of aromatic nitrogens is 1. The fourth-order valence-electron chi connectivity index (χ4n) is 3.74. The molecule has 0 saturated carbocycles. The fraction of sp³-hybridized carbons (Fsp3) is 0.250. The summed E-state index contributed by atoms with van der Waals surface area (Å²) >= 11 is 0. The molecule has 1 aromatic heterocycles. The van der Waals surface area contributed by atoms with Gasteiger partial charge in [0.1, 0.15) is 11.8 Å². The summed E-state index contributed by atoms with van der Waals surface area (Å²) in [4.78, 5) is 15.2. The summed E-state index contributed by atoms with van der Waals surface area (Å²) in [6.07, 6.45) is 0.473. The first-order valence-electron chi connectivity index (χ1n) is 8.31. The number of aryl methyl sites for hydroxylation is 1. The molecule has 2 heterocycles. The van der Waals surface area contributed by atoms with Gasteiger partial charge in [-0.05, 0) is 35.7 Å². The number of para-hydroxylation sites is 1. The fourth-order valence-corrected chi connectivity index (χ4v) is 3.74. The van der Waals surface area contributed by atoms with Crippen molar-refractivity contribution in [2.24, 2.45) is 0 Å². The van der Waals surface area contributed by atoms with Crippen molar-refractivity contribution in [2.75, 3.05) is 7.11 Å². The maximum absolute atomic E-state index is 11.7. The second-order valence-corrected chi connectivity index (χ2v) is 6.49. The lowest BCUT2D eigenvalue weighted by molar-refractivity contribution is -0.139. The molecular formula is C20H20N2O3. The molecule has 5 nitrogen and oxygen atoms in total. The number of methoxy groups -OCH3 is 1. The third-order valence-electron chi connectivity index (χ3n) is 4.96. The van der Waals surface area contributed by atoms with Crippen LogP contribution in [0, 0.1) is 6.92 Å². The van der Waals surface area contributed by atoms with Gasteiger partial charge in [0, 0.05) is 23.0 Å². The molecule has 0 bridgehead atoms. The molecule has 0 fully saturated rings. The minimum absolute atomic E-state index is 0.193. The molecule has 0 amide bonds. The SMILES string of the molecule is COc1ccc(C2NC(C(=O)O)Cc3c2[nH]c2ccccc32)cc1C. The lowest BCUT2D eigenvalue weighted by Gasteiger charge is -2.30. The van der Waals surface area contributed by atoms with Gasteiger partial charge in [-0.1, -0.05) is 30.3 Å². The maximum atomic E-state index is 11.7. The molecule has 1 aliphatic rings. The number of hydrogen-bond donors (Lipinski definition) is 3. The van der Waals surface area contributed by atoms with Crippen molar-refractivity contribution < 1.29 is 14.6 Å². The number of rotatable bonds is 3. The quantitative estimate of drug-likeness (QED) is 0.687. The van der Waals surface area contributed by atoms with E-state index in [0.29, 0.717) is 6.42 Å². The molecule has 2 aromatic carbocycles. The minimum atomic E-state index is -0.828.